The van der Waals surface area contributed by atoms with Crippen LogP contribution < -0.4 is 0 Å². The summed E-state index contributed by atoms with van der Waals surface area (Å²) in [6, 6.07) is 13.1. The molecular weight excluding hydrogens is 396 g/mol. The van der Waals surface area contributed by atoms with E-state index in [-0.39, 0.29) is 38.2 Å². The molecule has 1 heterocycles. The van der Waals surface area contributed by atoms with Crippen molar-refractivity contribution in [3.8, 4) is 0 Å². The molecule has 9 heteroatoms. The van der Waals surface area contributed by atoms with Crippen molar-refractivity contribution in [1.29, 1.82) is 0 Å². The lowest BCUT2D eigenvalue weighted by Gasteiger charge is -2.09. The highest BCUT2D eigenvalue weighted by Crippen LogP contribution is 2.29. The maximum absolute atomic E-state index is 12.6. The highest BCUT2D eigenvalue weighted by atomic mass is 32.2. The molecule has 0 bridgehead atoms. The summed E-state index contributed by atoms with van der Waals surface area (Å²) in [5, 5.41) is 0.774. The van der Waals surface area contributed by atoms with E-state index in [2.05, 4.69) is 0 Å². The molecule has 0 unspecified atom stereocenters. The van der Waals surface area contributed by atoms with Crippen LogP contribution >= 0.6 is 0 Å². The summed E-state index contributed by atoms with van der Waals surface area (Å²) in [6.07, 6.45) is 0.0329. The lowest BCUT2D eigenvalue weighted by atomic mass is 10.2. The highest BCUT2D eigenvalue weighted by Gasteiger charge is 2.27. The van der Waals surface area contributed by atoms with Gasteiger partial charge in [0.2, 0.25) is 9.84 Å². The van der Waals surface area contributed by atoms with E-state index < -0.39 is 29.5 Å². The van der Waals surface area contributed by atoms with E-state index in [1.807, 2.05) is 0 Å². The lowest BCUT2D eigenvalue weighted by molar-refractivity contribution is 0.595. The monoisotopic (exact) mass is 412 g/mol. The molecule has 0 fully saturated rings. The van der Waals surface area contributed by atoms with Crippen LogP contribution in [-0.2, 0) is 29.5 Å². The second kappa shape index (κ2) is 6.64. The molecule has 1 aliphatic rings. The lowest BCUT2D eigenvalue weighted by Crippen LogP contribution is -2.08. The first-order chi connectivity index (χ1) is 12.1. The van der Waals surface area contributed by atoms with E-state index in [0.717, 1.165) is 5.41 Å². The molecule has 0 N–H and O–H groups in total. The Kier molecular flexibility index (Phi) is 4.80. The fraction of sp³-hybridized carbons (Fsp3) is 0.176. The van der Waals surface area contributed by atoms with Crippen LogP contribution in [0.4, 0.5) is 0 Å². The van der Waals surface area contributed by atoms with Crippen LogP contribution in [0.3, 0.4) is 0 Å². The van der Waals surface area contributed by atoms with Crippen LogP contribution in [0.5, 0.6) is 0 Å². The molecule has 0 spiro atoms. The van der Waals surface area contributed by atoms with Gasteiger partial charge in [0.05, 0.1) is 26.2 Å². The first-order valence-electron chi connectivity index (χ1n) is 7.70. The van der Waals surface area contributed by atoms with Gasteiger partial charge in [-0.05, 0) is 36.2 Å². The van der Waals surface area contributed by atoms with Crippen molar-refractivity contribution >= 4 is 34.4 Å². The van der Waals surface area contributed by atoms with E-state index >= 15 is 0 Å². The maximum atomic E-state index is 12.6. The smallest absolute Gasteiger partial charge is 0.206 e. The van der Waals surface area contributed by atoms with E-state index in [1.165, 1.54) is 36.4 Å². The summed E-state index contributed by atoms with van der Waals surface area (Å²) in [5.74, 6) is -0.488. The van der Waals surface area contributed by atoms with Crippen molar-refractivity contribution in [2.75, 3.05) is 11.5 Å². The van der Waals surface area contributed by atoms with Gasteiger partial charge < -0.3 is 0 Å². The summed E-state index contributed by atoms with van der Waals surface area (Å²) >= 11 is 0. The summed E-state index contributed by atoms with van der Waals surface area (Å²) in [5.41, 5.74) is 0.155. The van der Waals surface area contributed by atoms with Crippen LogP contribution in [0, 0.1) is 0 Å². The SMILES string of the molecule is O=S1(=O)C=C(c2ccc(S(=O)(=O)c3ccccc3)cc2)S(=O)(=O)CCC1. The summed E-state index contributed by atoms with van der Waals surface area (Å²) < 4.78 is 73.7. The highest BCUT2D eigenvalue weighted by molar-refractivity contribution is 8.03. The Balaban J connectivity index is 2.06. The molecular formula is C17H16O6S3. The second-order valence-electron chi connectivity index (χ2n) is 5.86. The predicted molar refractivity (Wildman–Crippen MR) is 98.5 cm³/mol. The Morgan fingerprint density at radius 2 is 1.31 bits per heavy atom. The van der Waals surface area contributed by atoms with E-state index in [4.69, 9.17) is 0 Å². The van der Waals surface area contributed by atoms with Gasteiger partial charge in [-0.15, -0.1) is 0 Å². The van der Waals surface area contributed by atoms with Crippen LogP contribution in [0.2, 0.25) is 0 Å². The minimum atomic E-state index is -3.75. The van der Waals surface area contributed by atoms with Crippen molar-refractivity contribution in [3.05, 3.63) is 65.6 Å². The van der Waals surface area contributed by atoms with Crippen LogP contribution in [0.15, 0.2) is 69.8 Å². The second-order valence-corrected chi connectivity index (χ2v) is 11.9. The summed E-state index contributed by atoms with van der Waals surface area (Å²) in [7, 11) is -11.1. The largest absolute Gasteiger partial charge is 0.224 e. The molecule has 0 aromatic heterocycles. The van der Waals surface area contributed by atoms with Gasteiger partial charge >= 0.3 is 0 Å². The van der Waals surface area contributed by atoms with Gasteiger partial charge in [-0.1, -0.05) is 30.3 Å². The van der Waals surface area contributed by atoms with Gasteiger partial charge in [-0.3, -0.25) is 0 Å². The number of sulfone groups is 3. The van der Waals surface area contributed by atoms with Crippen molar-refractivity contribution in [2.24, 2.45) is 0 Å². The van der Waals surface area contributed by atoms with Crippen LogP contribution in [0.1, 0.15) is 12.0 Å². The number of rotatable bonds is 3. The van der Waals surface area contributed by atoms with E-state index in [0.29, 0.717) is 0 Å². The molecule has 138 valence electrons. The quantitative estimate of drug-likeness (QED) is 0.764. The Labute approximate surface area is 152 Å². The Morgan fingerprint density at radius 3 is 1.92 bits per heavy atom. The third-order valence-electron chi connectivity index (χ3n) is 3.97. The molecule has 0 saturated carbocycles. The van der Waals surface area contributed by atoms with Gasteiger partial charge in [0.25, 0.3) is 0 Å². The zero-order valence-electron chi connectivity index (χ0n) is 13.6. The molecule has 1 aliphatic heterocycles. The first kappa shape index (κ1) is 18.8. The molecule has 3 rings (SSSR count). The Hall–Kier alpha value is -1.97. The molecule has 2 aromatic carbocycles. The van der Waals surface area contributed by atoms with E-state index in [9.17, 15) is 25.3 Å². The molecule has 0 saturated heterocycles. The van der Waals surface area contributed by atoms with Crippen LogP contribution in [0.25, 0.3) is 4.91 Å². The number of hydrogen-bond acceptors (Lipinski definition) is 6. The molecule has 0 atom stereocenters. The van der Waals surface area contributed by atoms with Crippen molar-refractivity contribution in [1.82, 2.24) is 0 Å². The maximum Gasteiger partial charge on any atom is 0.206 e. The number of hydrogen-bond donors (Lipinski definition) is 0. The molecule has 6 nitrogen and oxygen atoms in total. The summed E-state index contributed by atoms with van der Waals surface area (Å²) in [6.45, 7) is 0. The van der Waals surface area contributed by atoms with Crippen molar-refractivity contribution in [3.63, 3.8) is 0 Å². The van der Waals surface area contributed by atoms with Crippen molar-refractivity contribution in [2.45, 2.75) is 16.2 Å². The van der Waals surface area contributed by atoms with Gasteiger partial charge in [0, 0.05) is 5.41 Å². The molecule has 0 amide bonds. The zero-order chi connectivity index (χ0) is 19.0. The first-order valence-corrected chi connectivity index (χ1v) is 12.5. The fourth-order valence-corrected chi connectivity index (χ4v) is 7.49. The van der Waals surface area contributed by atoms with Gasteiger partial charge in [0.15, 0.2) is 19.7 Å². The molecule has 0 radical (unpaired) electrons. The van der Waals surface area contributed by atoms with Gasteiger partial charge in [-0.25, -0.2) is 25.3 Å². The van der Waals surface area contributed by atoms with Crippen molar-refractivity contribution < 1.29 is 25.3 Å². The Bertz CT molecular complexity index is 1160. The third-order valence-corrected chi connectivity index (χ3v) is 9.20. The number of benzene rings is 2. The van der Waals surface area contributed by atoms with Gasteiger partial charge in [0.1, 0.15) is 0 Å². The Morgan fingerprint density at radius 1 is 0.731 bits per heavy atom. The van der Waals surface area contributed by atoms with Crippen LogP contribution in [-0.4, -0.2) is 36.8 Å². The molecule has 0 aliphatic carbocycles. The molecule has 2 aromatic rings. The normalized spacial score (nSPS) is 19.3. The predicted octanol–water partition coefficient (Wildman–Crippen LogP) is 2.05. The topological polar surface area (TPSA) is 102 Å². The zero-order valence-corrected chi connectivity index (χ0v) is 16.0. The average molecular weight is 413 g/mol. The third kappa shape index (κ3) is 3.74. The summed E-state index contributed by atoms with van der Waals surface area (Å²) in [4.78, 5) is -0.169. The fourth-order valence-electron chi connectivity index (χ4n) is 2.64. The molecule has 26 heavy (non-hydrogen) atoms. The van der Waals surface area contributed by atoms with E-state index in [1.54, 1.807) is 18.2 Å². The minimum absolute atomic E-state index is 0.00178. The minimum Gasteiger partial charge on any atom is -0.224 e. The standard InChI is InChI=1S/C17H16O6S3/c18-24(19)11-4-12-25(20,21)17(13-24)14-7-9-16(10-8-14)26(22,23)15-5-2-1-3-6-15/h1-3,5-10,13H,4,11-12H2. The van der Waals surface area contributed by atoms with Gasteiger partial charge in [-0.2, -0.15) is 0 Å². The average Bonchev–Trinajstić information content (AvgIpc) is 2.71.